The van der Waals surface area contributed by atoms with Crippen molar-refractivity contribution in [2.24, 2.45) is 5.92 Å². The Morgan fingerprint density at radius 1 is 1.35 bits per heavy atom. The molecule has 3 heterocycles. The van der Waals surface area contributed by atoms with Gasteiger partial charge in [0, 0.05) is 19.3 Å². The van der Waals surface area contributed by atoms with Crippen LogP contribution in [-0.2, 0) is 4.79 Å². The summed E-state index contributed by atoms with van der Waals surface area (Å²) in [6.45, 7) is 1.29. The second kappa shape index (κ2) is 5.20. The number of hydrogen-bond acceptors (Lipinski definition) is 5. The van der Waals surface area contributed by atoms with E-state index in [9.17, 15) is 4.79 Å². The summed E-state index contributed by atoms with van der Waals surface area (Å²) < 4.78 is 0. The van der Waals surface area contributed by atoms with Gasteiger partial charge in [-0.2, -0.15) is 9.97 Å². The van der Waals surface area contributed by atoms with Gasteiger partial charge < -0.3 is 10.0 Å². The van der Waals surface area contributed by atoms with Gasteiger partial charge in [0.1, 0.15) is 5.82 Å². The molecule has 0 aliphatic carbocycles. The Labute approximate surface area is 120 Å². The molecular weight excluding hydrogens is 280 g/mol. The van der Waals surface area contributed by atoms with E-state index in [0.29, 0.717) is 31.6 Å². The Morgan fingerprint density at radius 3 is 2.80 bits per heavy atom. The van der Waals surface area contributed by atoms with Crippen LogP contribution in [0.15, 0.2) is 18.3 Å². The number of fused-ring (bicyclic) bond motifs is 1. The van der Waals surface area contributed by atoms with Crippen LogP contribution in [0.3, 0.4) is 0 Å². The Hall–Kier alpha value is -1.95. The van der Waals surface area contributed by atoms with Crippen molar-refractivity contribution < 1.29 is 9.90 Å². The smallest absolute Gasteiger partial charge is 0.306 e. The summed E-state index contributed by atoms with van der Waals surface area (Å²) in [7, 11) is 0. The summed E-state index contributed by atoms with van der Waals surface area (Å²) in [4.78, 5) is 25.6. The highest BCUT2D eigenvalue weighted by Gasteiger charge is 2.26. The average molecular weight is 293 g/mol. The van der Waals surface area contributed by atoms with Crippen molar-refractivity contribution in [3.8, 4) is 0 Å². The van der Waals surface area contributed by atoms with E-state index in [1.54, 1.807) is 6.20 Å². The SMILES string of the molecule is O=C(O)C1CCN(c2nc(Cl)nc3ncccc23)CC1. The highest BCUT2D eigenvalue weighted by atomic mass is 35.5. The fraction of sp³-hybridized carbons (Fsp3) is 0.385. The van der Waals surface area contributed by atoms with Crippen LogP contribution in [0.1, 0.15) is 12.8 Å². The number of rotatable bonds is 2. The summed E-state index contributed by atoms with van der Waals surface area (Å²) in [5.74, 6) is -0.262. The number of anilines is 1. The molecular formula is C13H13ClN4O2. The van der Waals surface area contributed by atoms with E-state index >= 15 is 0 Å². The van der Waals surface area contributed by atoms with Gasteiger partial charge >= 0.3 is 5.97 Å². The number of hydrogen-bond donors (Lipinski definition) is 1. The lowest BCUT2D eigenvalue weighted by atomic mass is 9.97. The first-order valence-electron chi connectivity index (χ1n) is 6.41. The van der Waals surface area contributed by atoms with E-state index in [1.165, 1.54) is 0 Å². The molecule has 0 atom stereocenters. The maximum Gasteiger partial charge on any atom is 0.306 e. The molecule has 104 valence electrons. The highest BCUT2D eigenvalue weighted by molar-refractivity contribution is 6.28. The van der Waals surface area contributed by atoms with E-state index in [4.69, 9.17) is 16.7 Å². The van der Waals surface area contributed by atoms with Crippen LogP contribution in [-0.4, -0.2) is 39.1 Å². The van der Waals surface area contributed by atoms with E-state index in [2.05, 4.69) is 19.9 Å². The molecule has 1 aliphatic rings. The monoisotopic (exact) mass is 292 g/mol. The Bertz CT molecular complexity index is 656. The zero-order chi connectivity index (χ0) is 14.1. The molecule has 1 N–H and O–H groups in total. The zero-order valence-electron chi connectivity index (χ0n) is 10.7. The van der Waals surface area contributed by atoms with Gasteiger partial charge in [0.15, 0.2) is 5.65 Å². The lowest BCUT2D eigenvalue weighted by Gasteiger charge is -2.31. The fourth-order valence-corrected chi connectivity index (χ4v) is 2.66. The molecule has 3 rings (SSSR count). The number of aromatic nitrogens is 3. The zero-order valence-corrected chi connectivity index (χ0v) is 11.4. The Kier molecular flexibility index (Phi) is 3.40. The number of carboxylic acids is 1. The maximum atomic E-state index is 11.0. The van der Waals surface area contributed by atoms with E-state index in [0.717, 1.165) is 11.2 Å². The van der Waals surface area contributed by atoms with Gasteiger partial charge in [-0.05, 0) is 36.6 Å². The Morgan fingerprint density at radius 2 is 2.10 bits per heavy atom. The molecule has 0 unspecified atom stereocenters. The van der Waals surface area contributed by atoms with E-state index in [-0.39, 0.29) is 11.2 Å². The number of halogens is 1. The van der Waals surface area contributed by atoms with Crippen molar-refractivity contribution in [1.29, 1.82) is 0 Å². The van der Waals surface area contributed by atoms with Crippen molar-refractivity contribution in [2.75, 3.05) is 18.0 Å². The molecule has 1 fully saturated rings. The van der Waals surface area contributed by atoms with Crippen LogP contribution in [0, 0.1) is 5.92 Å². The third-order valence-electron chi connectivity index (χ3n) is 3.57. The minimum atomic E-state index is -0.725. The van der Waals surface area contributed by atoms with Gasteiger partial charge in [0.25, 0.3) is 0 Å². The molecule has 6 nitrogen and oxygen atoms in total. The van der Waals surface area contributed by atoms with Crippen LogP contribution < -0.4 is 4.90 Å². The van der Waals surface area contributed by atoms with Gasteiger partial charge in [-0.15, -0.1) is 0 Å². The molecule has 7 heteroatoms. The van der Waals surface area contributed by atoms with Crippen molar-refractivity contribution in [3.63, 3.8) is 0 Å². The largest absolute Gasteiger partial charge is 0.481 e. The fourth-order valence-electron chi connectivity index (χ4n) is 2.50. The van der Waals surface area contributed by atoms with Gasteiger partial charge in [0.05, 0.1) is 11.3 Å². The van der Waals surface area contributed by atoms with Crippen molar-refractivity contribution in [2.45, 2.75) is 12.8 Å². The van der Waals surface area contributed by atoms with Crippen molar-refractivity contribution >= 4 is 34.4 Å². The van der Waals surface area contributed by atoms with Crippen LogP contribution in [0.25, 0.3) is 11.0 Å². The summed E-state index contributed by atoms with van der Waals surface area (Å²) in [5, 5.41) is 10.0. The first-order valence-corrected chi connectivity index (χ1v) is 6.79. The topological polar surface area (TPSA) is 79.2 Å². The molecule has 0 spiro atoms. The van der Waals surface area contributed by atoms with Gasteiger partial charge in [0.2, 0.25) is 5.28 Å². The van der Waals surface area contributed by atoms with Crippen LogP contribution in [0.4, 0.5) is 5.82 Å². The van der Waals surface area contributed by atoms with Crippen molar-refractivity contribution in [1.82, 2.24) is 15.0 Å². The number of carbonyl (C=O) groups is 1. The number of aliphatic carboxylic acids is 1. The predicted octanol–water partition coefficient (Wildman–Crippen LogP) is 1.98. The third kappa shape index (κ3) is 2.38. The van der Waals surface area contributed by atoms with Crippen LogP contribution >= 0.6 is 11.6 Å². The lowest BCUT2D eigenvalue weighted by Crippen LogP contribution is -2.37. The van der Waals surface area contributed by atoms with Gasteiger partial charge in [-0.3, -0.25) is 4.79 Å². The number of piperidine rings is 1. The summed E-state index contributed by atoms with van der Waals surface area (Å²) >= 11 is 5.94. The third-order valence-corrected chi connectivity index (χ3v) is 3.74. The normalized spacial score (nSPS) is 16.6. The molecule has 1 aliphatic heterocycles. The van der Waals surface area contributed by atoms with Crippen LogP contribution in [0.2, 0.25) is 5.28 Å². The maximum absolute atomic E-state index is 11.0. The second-order valence-electron chi connectivity index (χ2n) is 4.79. The second-order valence-corrected chi connectivity index (χ2v) is 5.13. The molecule has 20 heavy (non-hydrogen) atoms. The standard InChI is InChI=1S/C13H13ClN4O2/c14-13-16-10-9(2-1-5-15-10)11(17-13)18-6-3-8(4-7-18)12(19)20/h1-2,5,8H,3-4,6-7H2,(H,19,20). The van der Waals surface area contributed by atoms with Gasteiger partial charge in [-0.25, -0.2) is 4.98 Å². The molecule has 1 saturated heterocycles. The van der Waals surface area contributed by atoms with Crippen LogP contribution in [0.5, 0.6) is 0 Å². The van der Waals surface area contributed by atoms with Crippen molar-refractivity contribution in [3.05, 3.63) is 23.6 Å². The molecule has 0 amide bonds. The first kappa shape index (κ1) is 13.1. The minimum absolute atomic E-state index is 0.159. The summed E-state index contributed by atoms with van der Waals surface area (Å²) in [5.41, 5.74) is 0.558. The average Bonchev–Trinajstić information content (AvgIpc) is 2.46. The highest BCUT2D eigenvalue weighted by Crippen LogP contribution is 2.28. The Balaban J connectivity index is 1.93. The first-order chi connectivity index (χ1) is 9.65. The van der Waals surface area contributed by atoms with E-state index in [1.807, 2.05) is 12.1 Å². The summed E-state index contributed by atoms with van der Waals surface area (Å²) in [6, 6.07) is 3.73. The molecule has 2 aromatic heterocycles. The number of pyridine rings is 1. The molecule has 0 aromatic carbocycles. The number of nitrogens with zero attached hydrogens (tertiary/aromatic N) is 4. The molecule has 0 radical (unpaired) electrons. The molecule has 0 bridgehead atoms. The minimum Gasteiger partial charge on any atom is -0.481 e. The number of carboxylic acid groups (broad SMARTS) is 1. The quantitative estimate of drug-likeness (QED) is 0.853. The van der Waals surface area contributed by atoms with E-state index < -0.39 is 5.97 Å². The van der Waals surface area contributed by atoms with Gasteiger partial charge in [-0.1, -0.05) is 0 Å². The lowest BCUT2D eigenvalue weighted by molar-refractivity contribution is -0.142. The summed E-state index contributed by atoms with van der Waals surface area (Å²) in [6.07, 6.45) is 2.88. The molecule has 0 saturated carbocycles. The predicted molar refractivity (Wildman–Crippen MR) is 74.9 cm³/mol. The molecule has 2 aromatic rings.